The van der Waals surface area contributed by atoms with Crippen LogP contribution in [0.25, 0.3) is 16.6 Å². The number of hydrogen-bond acceptors (Lipinski definition) is 4. The summed E-state index contributed by atoms with van der Waals surface area (Å²) in [6, 6.07) is 4.42. The molecule has 1 N–H and O–H groups in total. The Labute approximate surface area is 229 Å². The fraction of sp³-hybridized carbons (Fsp3) is 0.516. The molecule has 1 aliphatic heterocycles. The van der Waals surface area contributed by atoms with Crippen LogP contribution in [0.15, 0.2) is 36.8 Å². The average Bonchev–Trinajstić information content (AvgIpc) is 3.26. The van der Waals surface area contributed by atoms with Crippen LogP contribution >= 0.6 is 0 Å². The zero-order chi connectivity index (χ0) is 27.8. The van der Waals surface area contributed by atoms with Crippen molar-refractivity contribution in [3.05, 3.63) is 59.3 Å². The normalized spacial score (nSPS) is 20.4. The molecule has 7 nitrogen and oxygen atoms in total. The highest BCUT2D eigenvalue weighted by Gasteiger charge is 2.32. The molecule has 2 aromatic heterocycles. The van der Waals surface area contributed by atoms with E-state index in [-0.39, 0.29) is 17.9 Å². The van der Waals surface area contributed by atoms with Crippen LogP contribution in [0.1, 0.15) is 61.0 Å². The topological polar surface area (TPSA) is 78.7 Å². The number of carbonyl (C=O) groups is 2. The second-order valence-corrected chi connectivity index (χ2v) is 11.9. The number of nitrogens with zero attached hydrogens (tertiary/aromatic N) is 4. The highest BCUT2D eigenvalue weighted by atomic mass is 19.1. The standard InChI is InChI=1S/C31H39FN4O3/c1-19(2)34(4)30(37)26-12-25(32)9-10-27(26)36-18-24(29-20(3)13-33-14-28(29)36)11-22-16-35(17-22)15-21-5-7-23(8-6-21)31(38)39/h9-10,12-14,18-19,21-23H,5-8,11,15-17H2,1-4H3,(H,38,39)/t21-,23+. The van der Waals surface area contributed by atoms with Crippen molar-refractivity contribution in [1.29, 1.82) is 0 Å². The zero-order valence-corrected chi connectivity index (χ0v) is 23.4. The Morgan fingerprint density at radius 1 is 1.13 bits per heavy atom. The predicted molar refractivity (Wildman–Crippen MR) is 150 cm³/mol. The van der Waals surface area contributed by atoms with Gasteiger partial charge in [0.25, 0.3) is 5.91 Å². The number of carbonyl (C=O) groups excluding carboxylic acids is 1. The summed E-state index contributed by atoms with van der Waals surface area (Å²) in [5.41, 5.74) is 4.22. The van der Waals surface area contributed by atoms with Gasteiger partial charge in [0.15, 0.2) is 0 Å². The Hall–Kier alpha value is -3.26. The fourth-order valence-electron chi connectivity index (χ4n) is 6.33. The van der Waals surface area contributed by atoms with Crippen molar-refractivity contribution in [1.82, 2.24) is 19.4 Å². The average molecular weight is 535 g/mol. The van der Waals surface area contributed by atoms with Gasteiger partial charge in [0.05, 0.1) is 28.9 Å². The van der Waals surface area contributed by atoms with Crippen LogP contribution in [0.3, 0.4) is 0 Å². The van der Waals surface area contributed by atoms with E-state index in [2.05, 4.69) is 23.0 Å². The first-order valence-corrected chi connectivity index (χ1v) is 14.1. The molecule has 1 saturated carbocycles. The summed E-state index contributed by atoms with van der Waals surface area (Å²) >= 11 is 0. The number of hydrogen-bond donors (Lipinski definition) is 1. The lowest BCUT2D eigenvalue weighted by atomic mass is 9.81. The van der Waals surface area contributed by atoms with Gasteiger partial charge in [-0.3, -0.25) is 14.6 Å². The summed E-state index contributed by atoms with van der Waals surface area (Å²) in [6.07, 6.45) is 10.3. The molecule has 2 aliphatic rings. The minimum atomic E-state index is -0.647. The molecule has 0 atom stereocenters. The number of aromatic nitrogens is 2. The third-order valence-corrected chi connectivity index (χ3v) is 8.78. The first-order chi connectivity index (χ1) is 18.6. The molecule has 8 heteroatoms. The predicted octanol–water partition coefficient (Wildman–Crippen LogP) is 5.32. The van der Waals surface area contributed by atoms with E-state index in [0.29, 0.717) is 23.1 Å². The van der Waals surface area contributed by atoms with E-state index in [4.69, 9.17) is 0 Å². The smallest absolute Gasteiger partial charge is 0.306 e. The maximum atomic E-state index is 14.3. The van der Waals surface area contributed by atoms with Crippen LogP contribution in [0.4, 0.5) is 4.39 Å². The number of benzene rings is 1. The summed E-state index contributed by atoms with van der Waals surface area (Å²) in [4.78, 5) is 33.1. The van der Waals surface area contributed by atoms with E-state index < -0.39 is 11.8 Å². The molecule has 1 amide bonds. The molecule has 0 radical (unpaired) electrons. The van der Waals surface area contributed by atoms with Crippen molar-refractivity contribution in [2.75, 3.05) is 26.7 Å². The third-order valence-electron chi connectivity index (χ3n) is 8.78. The van der Waals surface area contributed by atoms with E-state index in [0.717, 1.165) is 68.2 Å². The van der Waals surface area contributed by atoms with Crippen molar-refractivity contribution in [2.24, 2.45) is 17.8 Å². The molecule has 39 heavy (non-hydrogen) atoms. The van der Waals surface area contributed by atoms with Gasteiger partial charge in [-0.1, -0.05) is 0 Å². The Bertz CT molecular complexity index is 1370. The highest BCUT2D eigenvalue weighted by Crippen LogP contribution is 2.34. The summed E-state index contributed by atoms with van der Waals surface area (Å²) in [6.45, 7) is 9.07. The summed E-state index contributed by atoms with van der Waals surface area (Å²) in [5.74, 6) is -0.329. The number of rotatable bonds is 8. The molecular formula is C31H39FN4O3. The maximum absolute atomic E-state index is 14.3. The Balaban J connectivity index is 1.35. The van der Waals surface area contributed by atoms with Crippen LogP contribution in [-0.4, -0.2) is 69.1 Å². The van der Waals surface area contributed by atoms with Crippen molar-refractivity contribution < 1.29 is 19.1 Å². The number of halogens is 1. The first kappa shape index (κ1) is 27.3. The molecule has 5 rings (SSSR count). The van der Waals surface area contributed by atoms with E-state index in [1.807, 2.05) is 30.8 Å². The van der Waals surface area contributed by atoms with Gasteiger partial charge in [-0.15, -0.1) is 0 Å². The molecule has 1 aliphatic carbocycles. The third kappa shape index (κ3) is 5.57. The van der Waals surface area contributed by atoms with Gasteiger partial charge in [-0.25, -0.2) is 4.39 Å². The van der Waals surface area contributed by atoms with Crippen LogP contribution in [0, 0.1) is 30.5 Å². The Kier molecular flexibility index (Phi) is 7.76. The van der Waals surface area contributed by atoms with Crippen LogP contribution < -0.4 is 0 Å². The quantitative estimate of drug-likeness (QED) is 0.423. The molecule has 2 fully saturated rings. The van der Waals surface area contributed by atoms with Gasteiger partial charge in [-0.05, 0) is 94.0 Å². The van der Waals surface area contributed by atoms with Gasteiger partial charge in [0, 0.05) is 50.5 Å². The van der Waals surface area contributed by atoms with Gasteiger partial charge in [-0.2, -0.15) is 0 Å². The summed E-state index contributed by atoms with van der Waals surface area (Å²) in [5, 5.41) is 10.4. The van der Waals surface area contributed by atoms with E-state index in [1.165, 1.54) is 17.7 Å². The van der Waals surface area contributed by atoms with Gasteiger partial charge >= 0.3 is 5.97 Å². The lowest BCUT2D eigenvalue weighted by molar-refractivity contribution is -0.143. The number of carboxylic acids is 1. The minimum Gasteiger partial charge on any atom is -0.481 e. The second kappa shape index (κ2) is 11.1. The van der Waals surface area contributed by atoms with Crippen molar-refractivity contribution >= 4 is 22.8 Å². The number of pyridine rings is 1. The van der Waals surface area contributed by atoms with E-state index >= 15 is 0 Å². The molecule has 3 aromatic rings. The van der Waals surface area contributed by atoms with Crippen LogP contribution in [0.5, 0.6) is 0 Å². The molecule has 0 bridgehead atoms. The molecule has 1 aromatic carbocycles. The molecule has 3 heterocycles. The van der Waals surface area contributed by atoms with Crippen molar-refractivity contribution in [3.8, 4) is 5.69 Å². The SMILES string of the molecule is Cc1cncc2c1c(CC1CN(C[C@H]3CC[C@@H](C(=O)O)CC3)C1)cn2-c1ccc(F)cc1C(=O)N(C)C(C)C. The summed E-state index contributed by atoms with van der Waals surface area (Å²) in [7, 11) is 1.74. The summed E-state index contributed by atoms with van der Waals surface area (Å²) < 4.78 is 16.3. The number of amides is 1. The number of fused-ring (bicyclic) bond motifs is 1. The molecule has 0 spiro atoms. The lowest BCUT2D eigenvalue weighted by Gasteiger charge is -2.42. The minimum absolute atomic E-state index is 0.0109. The van der Waals surface area contributed by atoms with Gasteiger partial charge < -0.3 is 19.5 Å². The number of aryl methyl sites for hydroxylation is 1. The van der Waals surface area contributed by atoms with Crippen molar-refractivity contribution in [2.45, 2.75) is 58.9 Å². The Morgan fingerprint density at radius 3 is 2.51 bits per heavy atom. The zero-order valence-electron chi connectivity index (χ0n) is 23.4. The Morgan fingerprint density at radius 2 is 1.85 bits per heavy atom. The van der Waals surface area contributed by atoms with Crippen LogP contribution in [-0.2, 0) is 11.2 Å². The largest absolute Gasteiger partial charge is 0.481 e. The second-order valence-electron chi connectivity index (χ2n) is 11.9. The highest BCUT2D eigenvalue weighted by molar-refractivity contribution is 5.99. The molecular weight excluding hydrogens is 495 g/mol. The van der Waals surface area contributed by atoms with E-state index in [9.17, 15) is 19.1 Å². The first-order valence-electron chi connectivity index (χ1n) is 14.1. The fourth-order valence-corrected chi connectivity index (χ4v) is 6.33. The number of carboxylic acid groups (broad SMARTS) is 1. The monoisotopic (exact) mass is 534 g/mol. The lowest BCUT2D eigenvalue weighted by Crippen LogP contribution is -2.49. The van der Waals surface area contributed by atoms with Gasteiger partial charge in [0.2, 0.25) is 0 Å². The number of likely N-dealkylation sites (tertiary alicyclic amines) is 1. The molecule has 208 valence electrons. The van der Waals surface area contributed by atoms with Gasteiger partial charge in [0.1, 0.15) is 5.82 Å². The maximum Gasteiger partial charge on any atom is 0.306 e. The molecule has 0 unspecified atom stereocenters. The van der Waals surface area contributed by atoms with E-state index in [1.54, 1.807) is 18.0 Å². The van der Waals surface area contributed by atoms with Crippen molar-refractivity contribution in [3.63, 3.8) is 0 Å². The molecule has 1 saturated heterocycles. The number of aliphatic carboxylic acids is 1. The van der Waals surface area contributed by atoms with Crippen LogP contribution in [0.2, 0.25) is 0 Å².